The predicted octanol–water partition coefficient (Wildman–Crippen LogP) is 5.03. The average Bonchev–Trinajstić information content (AvgIpc) is 2.59. The quantitative estimate of drug-likeness (QED) is 0.424. The first-order valence-electron chi connectivity index (χ1n) is 9.95. The van der Waals surface area contributed by atoms with Crippen molar-refractivity contribution in [3.8, 4) is 0 Å². The largest absolute Gasteiger partial charge is 0.378 e. The highest BCUT2D eigenvalue weighted by Crippen LogP contribution is 2.47. The molecular formula is C20H32BN3S. The van der Waals surface area contributed by atoms with Gasteiger partial charge in [0, 0.05) is 32.0 Å². The van der Waals surface area contributed by atoms with Gasteiger partial charge in [-0.15, -0.1) is 0 Å². The molecule has 2 saturated heterocycles. The molecule has 0 radical (unpaired) electrons. The monoisotopic (exact) mass is 357 g/mol. The number of nitrogens with zero attached hydrogens (tertiary/aromatic N) is 1. The molecule has 0 unspecified atom stereocenters. The van der Waals surface area contributed by atoms with Crippen LogP contribution in [-0.4, -0.2) is 32.5 Å². The first-order valence-corrected chi connectivity index (χ1v) is 10.4. The maximum absolute atomic E-state index is 5.44. The van der Waals surface area contributed by atoms with Crippen LogP contribution >= 0.6 is 12.2 Å². The maximum atomic E-state index is 5.44. The van der Waals surface area contributed by atoms with Crippen LogP contribution in [0.4, 0.5) is 11.4 Å². The SMILES string of the molecule is CN(C)c1ccc(NC(=S)NCCCB2C3CCCC2CCC3)cc1. The van der Waals surface area contributed by atoms with Gasteiger partial charge in [-0.1, -0.05) is 56.5 Å². The minimum atomic E-state index is 0.737. The maximum Gasteiger partial charge on any atom is 0.170 e. The Morgan fingerprint density at radius 2 is 1.68 bits per heavy atom. The van der Waals surface area contributed by atoms with Crippen molar-refractivity contribution in [2.24, 2.45) is 0 Å². The first kappa shape index (κ1) is 18.6. The third-order valence-corrected chi connectivity index (χ3v) is 6.40. The van der Waals surface area contributed by atoms with Gasteiger partial charge in [0.05, 0.1) is 0 Å². The van der Waals surface area contributed by atoms with E-state index < -0.39 is 0 Å². The fourth-order valence-electron chi connectivity index (χ4n) is 4.84. The van der Waals surface area contributed by atoms with E-state index in [1.807, 2.05) is 0 Å². The van der Waals surface area contributed by atoms with Crippen LogP contribution in [0, 0.1) is 0 Å². The summed E-state index contributed by atoms with van der Waals surface area (Å²) in [7, 11) is 4.10. The molecule has 0 atom stereocenters. The van der Waals surface area contributed by atoms with Gasteiger partial charge in [-0.2, -0.15) is 0 Å². The summed E-state index contributed by atoms with van der Waals surface area (Å²) < 4.78 is 0. The zero-order valence-electron chi connectivity index (χ0n) is 15.8. The number of hydrogen-bond acceptors (Lipinski definition) is 2. The molecule has 136 valence electrons. The molecule has 2 heterocycles. The van der Waals surface area contributed by atoms with Gasteiger partial charge in [0.2, 0.25) is 0 Å². The van der Waals surface area contributed by atoms with Crippen LogP contribution in [0.15, 0.2) is 24.3 Å². The lowest BCUT2D eigenvalue weighted by Crippen LogP contribution is -2.35. The summed E-state index contributed by atoms with van der Waals surface area (Å²) in [5.41, 5.74) is 2.24. The van der Waals surface area contributed by atoms with Crippen molar-refractivity contribution in [1.29, 1.82) is 0 Å². The Bertz CT molecular complexity index is 539. The van der Waals surface area contributed by atoms with Crippen molar-refractivity contribution in [1.82, 2.24) is 5.32 Å². The van der Waals surface area contributed by atoms with Crippen molar-refractivity contribution >= 4 is 35.4 Å². The fraction of sp³-hybridized carbons (Fsp3) is 0.650. The van der Waals surface area contributed by atoms with Crippen LogP contribution in [0.2, 0.25) is 18.0 Å². The van der Waals surface area contributed by atoms with Crippen LogP contribution in [0.25, 0.3) is 0 Å². The molecular weight excluding hydrogens is 325 g/mol. The molecule has 1 aromatic carbocycles. The Morgan fingerprint density at radius 3 is 2.24 bits per heavy atom. The molecule has 5 heteroatoms. The van der Waals surface area contributed by atoms with Crippen molar-refractivity contribution in [2.75, 3.05) is 30.9 Å². The third-order valence-electron chi connectivity index (χ3n) is 6.15. The van der Waals surface area contributed by atoms with Crippen molar-refractivity contribution in [2.45, 2.75) is 62.9 Å². The Balaban J connectivity index is 1.36. The summed E-state index contributed by atoms with van der Waals surface area (Å²) in [6, 6.07) is 8.36. The Kier molecular flexibility index (Phi) is 6.63. The molecule has 0 aliphatic carbocycles. The van der Waals surface area contributed by atoms with Crippen LogP contribution in [0.5, 0.6) is 0 Å². The van der Waals surface area contributed by atoms with E-state index in [0.717, 1.165) is 35.7 Å². The molecule has 0 spiro atoms. The second kappa shape index (κ2) is 8.93. The van der Waals surface area contributed by atoms with E-state index in [1.54, 1.807) is 0 Å². The number of rotatable bonds is 6. The molecule has 3 rings (SSSR count). The number of fused-ring (bicyclic) bond motifs is 2. The second-order valence-corrected chi connectivity index (χ2v) is 8.42. The second-order valence-electron chi connectivity index (χ2n) is 8.01. The number of anilines is 2. The topological polar surface area (TPSA) is 27.3 Å². The number of nitrogens with one attached hydrogen (secondary N) is 2. The fourth-order valence-corrected chi connectivity index (χ4v) is 5.06. The Hall–Kier alpha value is -1.23. The highest BCUT2D eigenvalue weighted by molar-refractivity contribution is 7.80. The van der Waals surface area contributed by atoms with Crippen molar-refractivity contribution in [3.63, 3.8) is 0 Å². The van der Waals surface area contributed by atoms with Gasteiger partial charge < -0.3 is 15.5 Å². The minimum absolute atomic E-state index is 0.737. The molecule has 2 aliphatic heterocycles. The summed E-state index contributed by atoms with van der Waals surface area (Å²) in [4.78, 5) is 2.10. The van der Waals surface area contributed by atoms with Gasteiger partial charge in [-0.25, -0.2) is 0 Å². The Morgan fingerprint density at radius 1 is 1.08 bits per heavy atom. The summed E-state index contributed by atoms with van der Waals surface area (Å²) in [6.45, 7) is 1.97. The van der Waals surface area contributed by atoms with E-state index in [9.17, 15) is 0 Å². The van der Waals surface area contributed by atoms with E-state index in [1.165, 1.54) is 57.0 Å². The first-order chi connectivity index (χ1) is 12.1. The van der Waals surface area contributed by atoms with E-state index >= 15 is 0 Å². The van der Waals surface area contributed by atoms with Gasteiger partial charge in [-0.3, -0.25) is 0 Å². The molecule has 3 nitrogen and oxygen atoms in total. The zero-order chi connectivity index (χ0) is 17.6. The standard InChI is InChI=1S/C20H32BN3S/c1-24(2)19-12-10-18(11-13-19)23-20(25)22-15-5-14-21-16-6-3-7-17(21)9-4-8-16/h10-13,16-17H,3-9,14-15H2,1-2H3,(H2,22,23,25). The molecule has 2 bridgehead atoms. The lowest BCUT2D eigenvalue weighted by molar-refractivity contribution is 0.440. The van der Waals surface area contributed by atoms with Crippen molar-refractivity contribution < 1.29 is 0 Å². The highest BCUT2D eigenvalue weighted by atomic mass is 32.1. The van der Waals surface area contributed by atoms with Crippen LogP contribution in [0.1, 0.15) is 44.9 Å². The smallest absolute Gasteiger partial charge is 0.170 e. The lowest BCUT2D eigenvalue weighted by Gasteiger charge is -2.40. The third kappa shape index (κ3) is 5.13. The summed E-state index contributed by atoms with van der Waals surface area (Å²) in [5.74, 6) is 2.04. The Labute approximate surface area is 159 Å². The van der Waals surface area contributed by atoms with Gasteiger partial charge >= 0.3 is 0 Å². The van der Waals surface area contributed by atoms with Gasteiger partial charge in [0.25, 0.3) is 0 Å². The molecule has 2 fully saturated rings. The van der Waals surface area contributed by atoms with E-state index in [-0.39, 0.29) is 0 Å². The molecule has 2 N–H and O–H groups in total. The van der Waals surface area contributed by atoms with Crippen LogP contribution in [-0.2, 0) is 0 Å². The van der Waals surface area contributed by atoms with Crippen LogP contribution in [0.3, 0.4) is 0 Å². The summed E-state index contributed by atoms with van der Waals surface area (Å²) in [5, 5.41) is 7.41. The minimum Gasteiger partial charge on any atom is -0.378 e. The molecule has 0 amide bonds. The normalized spacial score (nSPS) is 22.4. The van der Waals surface area contributed by atoms with Gasteiger partial charge in [-0.05, 0) is 42.9 Å². The van der Waals surface area contributed by atoms with Gasteiger partial charge in [0.1, 0.15) is 6.71 Å². The molecule has 25 heavy (non-hydrogen) atoms. The number of thiocarbonyl (C=S) groups is 1. The highest BCUT2D eigenvalue weighted by Gasteiger charge is 2.38. The average molecular weight is 357 g/mol. The molecule has 2 aliphatic rings. The van der Waals surface area contributed by atoms with E-state index in [2.05, 4.69) is 53.9 Å². The molecule has 0 aromatic heterocycles. The van der Waals surface area contributed by atoms with Crippen LogP contribution < -0.4 is 15.5 Å². The molecule has 0 saturated carbocycles. The molecule has 1 aromatic rings. The van der Waals surface area contributed by atoms with E-state index in [4.69, 9.17) is 12.2 Å². The zero-order valence-corrected chi connectivity index (χ0v) is 16.6. The lowest BCUT2D eigenvalue weighted by atomic mass is 9.26. The number of hydrogen-bond donors (Lipinski definition) is 2. The summed E-state index contributed by atoms with van der Waals surface area (Å²) in [6.07, 6.45) is 11.5. The number of benzene rings is 1. The summed E-state index contributed by atoms with van der Waals surface area (Å²) >= 11 is 5.44. The predicted molar refractivity (Wildman–Crippen MR) is 115 cm³/mol. The van der Waals surface area contributed by atoms with E-state index in [0.29, 0.717) is 0 Å². The van der Waals surface area contributed by atoms with Crippen molar-refractivity contribution in [3.05, 3.63) is 24.3 Å². The van der Waals surface area contributed by atoms with Gasteiger partial charge in [0.15, 0.2) is 5.11 Å².